The number of nitrogens with two attached hydrogens (primary N) is 1. The summed E-state index contributed by atoms with van der Waals surface area (Å²) >= 11 is 0. The SMILES string of the molecule is NCCCc1ccccc1CC(F)(F)F. The van der Waals surface area contributed by atoms with Crippen molar-refractivity contribution in [3.8, 4) is 0 Å². The summed E-state index contributed by atoms with van der Waals surface area (Å²) in [6.45, 7) is 0.500. The topological polar surface area (TPSA) is 26.0 Å². The molecule has 0 radical (unpaired) electrons. The molecule has 4 heteroatoms. The third kappa shape index (κ3) is 4.34. The summed E-state index contributed by atoms with van der Waals surface area (Å²) in [5.41, 5.74) is 6.44. The molecule has 2 N–H and O–H groups in total. The van der Waals surface area contributed by atoms with E-state index in [1.54, 1.807) is 18.2 Å². The van der Waals surface area contributed by atoms with E-state index in [0.717, 1.165) is 12.0 Å². The van der Waals surface area contributed by atoms with Gasteiger partial charge in [-0.15, -0.1) is 0 Å². The molecule has 0 saturated heterocycles. The molecule has 15 heavy (non-hydrogen) atoms. The third-order valence-corrected chi connectivity index (χ3v) is 2.16. The fourth-order valence-electron chi connectivity index (χ4n) is 1.48. The van der Waals surface area contributed by atoms with E-state index in [2.05, 4.69) is 0 Å². The molecule has 0 bridgehead atoms. The Morgan fingerprint density at radius 2 is 1.67 bits per heavy atom. The van der Waals surface area contributed by atoms with E-state index >= 15 is 0 Å². The first kappa shape index (κ1) is 12.0. The molecule has 0 unspecified atom stereocenters. The van der Waals surface area contributed by atoms with Crippen molar-refractivity contribution in [2.24, 2.45) is 5.73 Å². The number of rotatable bonds is 4. The van der Waals surface area contributed by atoms with Crippen molar-refractivity contribution in [3.05, 3.63) is 35.4 Å². The van der Waals surface area contributed by atoms with Crippen LogP contribution in [0.4, 0.5) is 13.2 Å². The number of halogens is 3. The molecule has 1 nitrogen and oxygen atoms in total. The zero-order valence-electron chi connectivity index (χ0n) is 8.35. The van der Waals surface area contributed by atoms with Gasteiger partial charge < -0.3 is 5.73 Å². The van der Waals surface area contributed by atoms with E-state index in [1.165, 1.54) is 6.07 Å². The van der Waals surface area contributed by atoms with Gasteiger partial charge in [-0.3, -0.25) is 0 Å². The number of alkyl halides is 3. The van der Waals surface area contributed by atoms with Crippen LogP contribution in [0.25, 0.3) is 0 Å². The van der Waals surface area contributed by atoms with Crippen molar-refractivity contribution < 1.29 is 13.2 Å². The molecule has 84 valence electrons. The van der Waals surface area contributed by atoms with Crippen LogP contribution in [-0.2, 0) is 12.8 Å². The van der Waals surface area contributed by atoms with Gasteiger partial charge >= 0.3 is 6.18 Å². The van der Waals surface area contributed by atoms with E-state index in [1.807, 2.05) is 0 Å². The summed E-state index contributed by atoms with van der Waals surface area (Å²) in [4.78, 5) is 0. The van der Waals surface area contributed by atoms with Crippen LogP contribution >= 0.6 is 0 Å². The van der Waals surface area contributed by atoms with Gasteiger partial charge in [0.2, 0.25) is 0 Å². The molecule has 0 saturated carbocycles. The standard InChI is InChI=1S/C11H14F3N/c12-11(13,14)8-10-5-2-1-4-9(10)6-3-7-15/h1-2,4-5H,3,6-8,15H2. The highest BCUT2D eigenvalue weighted by atomic mass is 19.4. The molecule has 0 atom stereocenters. The van der Waals surface area contributed by atoms with E-state index in [0.29, 0.717) is 18.5 Å². The lowest BCUT2D eigenvalue weighted by Gasteiger charge is -2.11. The fraction of sp³-hybridized carbons (Fsp3) is 0.455. The maximum absolute atomic E-state index is 12.2. The van der Waals surface area contributed by atoms with Crippen molar-refractivity contribution in [2.75, 3.05) is 6.54 Å². The molecule has 0 aliphatic rings. The molecule has 1 rings (SSSR count). The Bertz CT molecular complexity index is 307. The molecule has 0 aromatic heterocycles. The molecule has 0 aliphatic heterocycles. The van der Waals surface area contributed by atoms with Crippen LogP contribution in [-0.4, -0.2) is 12.7 Å². The summed E-state index contributed by atoms with van der Waals surface area (Å²) in [5.74, 6) is 0. The fourth-order valence-corrected chi connectivity index (χ4v) is 1.48. The Balaban J connectivity index is 2.77. The van der Waals surface area contributed by atoms with Gasteiger partial charge in [0.15, 0.2) is 0 Å². The lowest BCUT2D eigenvalue weighted by atomic mass is 10.0. The van der Waals surface area contributed by atoms with Gasteiger partial charge in [-0.1, -0.05) is 24.3 Å². The van der Waals surface area contributed by atoms with E-state index in [-0.39, 0.29) is 0 Å². The molecule has 1 aromatic rings. The van der Waals surface area contributed by atoms with E-state index in [4.69, 9.17) is 5.73 Å². The van der Waals surface area contributed by atoms with Crippen LogP contribution in [0.15, 0.2) is 24.3 Å². The number of aryl methyl sites for hydroxylation is 1. The highest BCUT2D eigenvalue weighted by molar-refractivity contribution is 5.28. The van der Waals surface area contributed by atoms with Crippen LogP contribution in [0, 0.1) is 0 Å². The molecule has 0 heterocycles. The van der Waals surface area contributed by atoms with Crippen molar-refractivity contribution in [1.29, 1.82) is 0 Å². The number of benzene rings is 1. The van der Waals surface area contributed by atoms with Gasteiger partial charge in [-0.25, -0.2) is 0 Å². The molecule has 0 amide bonds. The molecular formula is C11H14F3N. The summed E-state index contributed by atoms with van der Waals surface area (Å²) in [7, 11) is 0. The van der Waals surface area contributed by atoms with Crippen LogP contribution in [0.5, 0.6) is 0 Å². The summed E-state index contributed by atoms with van der Waals surface area (Å²) in [6.07, 6.45) is -3.66. The van der Waals surface area contributed by atoms with Crippen molar-refractivity contribution in [1.82, 2.24) is 0 Å². The van der Waals surface area contributed by atoms with Crippen LogP contribution in [0.3, 0.4) is 0 Å². The van der Waals surface area contributed by atoms with Crippen LogP contribution < -0.4 is 5.73 Å². The monoisotopic (exact) mass is 217 g/mol. The first-order valence-electron chi connectivity index (χ1n) is 4.86. The second kappa shape index (κ2) is 5.16. The summed E-state index contributed by atoms with van der Waals surface area (Å²) < 4.78 is 36.7. The van der Waals surface area contributed by atoms with Crippen LogP contribution in [0.1, 0.15) is 17.5 Å². The van der Waals surface area contributed by atoms with Gasteiger partial charge in [0.1, 0.15) is 0 Å². The third-order valence-electron chi connectivity index (χ3n) is 2.16. The largest absolute Gasteiger partial charge is 0.393 e. The molecular weight excluding hydrogens is 203 g/mol. The highest BCUT2D eigenvalue weighted by Crippen LogP contribution is 2.23. The Morgan fingerprint density at radius 1 is 1.07 bits per heavy atom. The lowest BCUT2D eigenvalue weighted by Crippen LogP contribution is -2.13. The zero-order valence-corrected chi connectivity index (χ0v) is 8.35. The van der Waals surface area contributed by atoms with Crippen molar-refractivity contribution in [2.45, 2.75) is 25.4 Å². The Labute approximate surface area is 87.1 Å². The molecule has 0 aliphatic carbocycles. The first-order valence-corrected chi connectivity index (χ1v) is 4.86. The predicted octanol–water partition coefficient (Wildman–Crippen LogP) is 2.68. The molecule has 0 fully saturated rings. The average Bonchev–Trinajstić information content (AvgIpc) is 2.14. The van der Waals surface area contributed by atoms with Gasteiger partial charge in [-0.05, 0) is 30.5 Å². The van der Waals surface area contributed by atoms with Gasteiger partial charge in [0, 0.05) is 0 Å². The van der Waals surface area contributed by atoms with Gasteiger partial charge in [0.25, 0.3) is 0 Å². The smallest absolute Gasteiger partial charge is 0.330 e. The summed E-state index contributed by atoms with van der Waals surface area (Å²) in [5, 5.41) is 0. The first-order chi connectivity index (χ1) is 7.03. The number of hydrogen-bond acceptors (Lipinski definition) is 1. The zero-order chi connectivity index (χ0) is 11.3. The minimum Gasteiger partial charge on any atom is -0.330 e. The Hall–Kier alpha value is -1.03. The Kier molecular flexibility index (Phi) is 4.15. The van der Waals surface area contributed by atoms with Crippen molar-refractivity contribution >= 4 is 0 Å². The number of hydrogen-bond donors (Lipinski definition) is 1. The molecule has 0 spiro atoms. The van der Waals surface area contributed by atoms with Crippen molar-refractivity contribution in [3.63, 3.8) is 0 Å². The molecule has 1 aromatic carbocycles. The maximum atomic E-state index is 12.2. The van der Waals surface area contributed by atoms with Crippen LogP contribution in [0.2, 0.25) is 0 Å². The minimum atomic E-state index is -4.14. The normalized spacial score (nSPS) is 11.7. The highest BCUT2D eigenvalue weighted by Gasteiger charge is 2.28. The second-order valence-corrected chi connectivity index (χ2v) is 3.45. The average molecular weight is 217 g/mol. The quantitative estimate of drug-likeness (QED) is 0.824. The summed E-state index contributed by atoms with van der Waals surface area (Å²) in [6, 6.07) is 6.65. The predicted molar refractivity (Wildman–Crippen MR) is 53.6 cm³/mol. The Morgan fingerprint density at radius 3 is 2.20 bits per heavy atom. The maximum Gasteiger partial charge on any atom is 0.393 e. The minimum absolute atomic E-state index is 0.360. The van der Waals surface area contributed by atoms with E-state index in [9.17, 15) is 13.2 Å². The van der Waals surface area contributed by atoms with Gasteiger partial charge in [0.05, 0.1) is 6.42 Å². The van der Waals surface area contributed by atoms with Gasteiger partial charge in [-0.2, -0.15) is 13.2 Å². The second-order valence-electron chi connectivity index (χ2n) is 3.45. The lowest BCUT2D eigenvalue weighted by molar-refractivity contribution is -0.127. The van der Waals surface area contributed by atoms with E-state index < -0.39 is 12.6 Å².